The molecule has 2 saturated heterocycles. The van der Waals surface area contributed by atoms with E-state index in [-0.39, 0.29) is 29.0 Å². The van der Waals surface area contributed by atoms with Gasteiger partial charge < -0.3 is 19.5 Å². The number of benzene rings is 1. The summed E-state index contributed by atoms with van der Waals surface area (Å²) in [5.74, 6) is 1.86. The Morgan fingerprint density at radius 3 is 2.89 bits per heavy atom. The van der Waals surface area contributed by atoms with Crippen molar-refractivity contribution in [1.82, 2.24) is 0 Å². The van der Waals surface area contributed by atoms with E-state index in [1.54, 1.807) is 7.11 Å². The number of esters is 1. The highest BCUT2D eigenvalue weighted by atomic mass is 16.6. The highest BCUT2D eigenvalue weighted by molar-refractivity contribution is 5.75. The molecule has 2 aliphatic heterocycles. The van der Waals surface area contributed by atoms with E-state index in [4.69, 9.17) is 14.2 Å². The topological polar surface area (TPSA) is 64.7 Å². The predicted octanol–water partition coefficient (Wildman–Crippen LogP) is 2.29. The van der Waals surface area contributed by atoms with Crippen LogP contribution in [0.15, 0.2) is 24.3 Å². The minimum atomic E-state index is 0.00184. The van der Waals surface area contributed by atoms with E-state index in [1.165, 1.54) is 24.8 Å². The summed E-state index contributed by atoms with van der Waals surface area (Å²) in [7, 11) is 1.71. The summed E-state index contributed by atoms with van der Waals surface area (Å²) >= 11 is 0. The van der Waals surface area contributed by atoms with E-state index in [2.05, 4.69) is 18.3 Å². The summed E-state index contributed by atoms with van der Waals surface area (Å²) < 4.78 is 17.4. The summed E-state index contributed by atoms with van der Waals surface area (Å²) in [5, 5.41) is 2.24. The van der Waals surface area contributed by atoms with Crippen LogP contribution in [0.3, 0.4) is 0 Å². The lowest BCUT2D eigenvalue weighted by Crippen LogP contribution is -2.84. The van der Waals surface area contributed by atoms with Crippen molar-refractivity contribution in [2.24, 2.45) is 23.2 Å². The summed E-state index contributed by atoms with van der Waals surface area (Å²) in [6.07, 6.45) is 5.89. The number of nitrogens with two attached hydrogens (primary N) is 1. The van der Waals surface area contributed by atoms with Crippen LogP contribution < -0.4 is 10.1 Å². The molecule has 5 nitrogen and oxygen atoms in total. The largest absolute Gasteiger partial charge is 0.496 e. The lowest BCUT2D eigenvalue weighted by molar-refractivity contribution is -0.675. The zero-order chi connectivity index (χ0) is 19.4. The first-order valence-corrected chi connectivity index (χ1v) is 10.8. The molecule has 0 bridgehead atoms. The van der Waals surface area contributed by atoms with Gasteiger partial charge in [-0.3, -0.25) is 4.79 Å². The molecule has 152 valence electrons. The van der Waals surface area contributed by atoms with E-state index in [1.807, 2.05) is 18.2 Å². The van der Waals surface area contributed by atoms with Crippen LogP contribution in [-0.2, 0) is 20.8 Å². The van der Waals surface area contributed by atoms with Crippen LogP contribution >= 0.6 is 0 Å². The highest BCUT2D eigenvalue weighted by Crippen LogP contribution is 2.62. The fourth-order valence-corrected chi connectivity index (χ4v) is 6.52. The van der Waals surface area contributed by atoms with E-state index in [0.717, 1.165) is 38.3 Å². The van der Waals surface area contributed by atoms with Gasteiger partial charge in [-0.1, -0.05) is 19.1 Å². The predicted molar refractivity (Wildman–Crippen MR) is 104 cm³/mol. The quantitative estimate of drug-likeness (QED) is 0.623. The Morgan fingerprint density at radius 1 is 1.29 bits per heavy atom. The third-order valence-corrected chi connectivity index (χ3v) is 8.06. The van der Waals surface area contributed by atoms with E-state index in [9.17, 15) is 4.79 Å². The number of hydrogen-bond acceptors (Lipinski definition) is 4. The van der Waals surface area contributed by atoms with Gasteiger partial charge in [0.25, 0.3) is 0 Å². The van der Waals surface area contributed by atoms with Gasteiger partial charge in [-0.05, 0) is 55.6 Å². The van der Waals surface area contributed by atoms with Gasteiger partial charge in [-0.25, -0.2) is 0 Å². The summed E-state index contributed by atoms with van der Waals surface area (Å²) in [6.45, 7) is 4.93. The molecule has 4 aliphatic rings. The zero-order valence-electron chi connectivity index (χ0n) is 17.0. The molecule has 0 amide bonds. The Hall–Kier alpha value is -1.59. The van der Waals surface area contributed by atoms with Gasteiger partial charge >= 0.3 is 5.97 Å². The molecule has 4 fully saturated rings. The molecule has 6 atom stereocenters. The maximum absolute atomic E-state index is 12.7. The van der Waals surface area contributed by atoms with Crippen LogP contribution in [0.25, 0.3) is 0 Å². The van der Waals surface area contributed by atoms with Gasteiger partial charge in [0.1, 0.15) is 24.3 Å². The Morgan fingerprint density at radius 2 is 2.11 bits per heavy atom. The van der Waals surface area contributed by atoms with Gasteiger partial charge in [0.15, 0.2) is 0 Å². The fraction of sp³-hybridized carbons (Fsp3) is 0.696. The van der Waals surface area contributed by atoms with Crippen molar-refractivity contribution >= 4 is 5.97 Å². The van der Waals surface area contributed by atoms with E-state index in [0.29, 0.717) is 11.8 Å². The maximum atomic E-state index is 12.7. The Kier molecular flexibility index (Phi) is 4.44. The summed E-state index contributed by atoms with van der Waals surface area (Å²) in [5.41, 5.74) is 1.56. The van der Waals surface area contributed by atoms with Crippen molar-refractivity contribution in [3.63, 3.8) is 0 Å². The molecule has 2 N–H and O–H groups in total. The third kappa shape index (κ3) is 2.94. The minimum absolute atomic E-state index is 0.00184. The molecule has 2 saturated carbocycles. The molecule has 2 heterocycles. The molecule has 2 aliphatic carbocycles. The number of epoxide rings is 1. The number of quaternary nitrogens is 1. The summed E-state index contributed by atoms with van der Waals surface area (Å²) in [4.78, 5) is 12.7. The Labute approximate surface area is 167 Å². The number of carbonyl (C=O) groups is 1. The van der Waals surface area contributed by atoms with Crippen molar-refractivity contribution < 1.29 is 24.3 Å². The zero-order valence-corrected chi connectivity index (χ0v) is 17.0. The molecular formula is C23H32NO4+. The van der Waals surface area contributed by atoms with Gasteiger partial charge in [-0.2, -0.15) is 0 Å². The first-order chi connectivity index (χ1) is 13.5. The van der Waals surface area contributed by atoms with Crippen LogP contribution in [0.4, 0.5) is 0 Å². The normalized spacial score (nSPS) is 41.3. The lowest BCUT2D eigenvalue weighted by Gasteiger charge is -2.51. The molecule has 28 heavy (non-hydrogen) atoms. The minimum Gasteiger partial charge on any atom is -0.496 e. The Bertz CT molecular complexity index is 761. The molecular weight excluding hydrogens is 354 g/mol. The number of carbonyl (C=O) groups excluding carboxylic acids is 1. The van der Waals surface area contributed by atoms with Crippen molar-refractivity contribution in [1.29, 1.82) is 0 Å². The van der Waals surface area contributed by atoms with Gasteiger partial charge in [0.05, 0.1) is 25.9 Å². The van der Waals surface area contributed by atoms with Crippen molar-refractivity contribution in [3.05, 3.63) is 29.8 Å². The number of rotatable bonds is 5. The second-order valence-electron chi connectivity index (χ2n) is 9.64. The molecule has 1 spiro atoms. The van der Waals surface area contributed by atoms with Gasteiger partial charge in [-0.15, -0.1) is 0 Å². The molecule has 5 rings (SSSR count). The SMILES string of the molecule is COc1ccccc1C[NH2+]C[C@@H]1C(=O)O[C@@H]2C[C@@]3(C)CCC[C@@]4(CO4)[C@@H]3C[C@H]12. The third-order valence-electron chi connectivity index (χ3n) is 8.06. The number of ether oxygens (including phenoxy) is 3. The number of methoxy groups -OCH3 is 1. The average Bonchev–Trinajstić information content (AvgIpc) is 3.38. The molecule has 1 aromatic carbocycles. The number of para-hydroxylation sites is 1. The standard InChI is InChI=1S/C23H31NO4/c1-22-8-5-9-23(14-27-23)20(22)10-16-17(21(25)28-19(16)11-22)13-24-12-15-6-3-4-7-18(15)26-2/h3-4,6-7,16-17,19-20,24H,5,8-14H2,1-2H3/p+1/t16-,17+,19-,20-,22-,23-/m1/s1. The highest BCUT2D eigenvalue weighted by Gasteiger charge is 2.65. The fourth-order valence-electron chi connectivity index (χ4n) is 6.52. The number of hydrogen-bond donors (Lipinski definition) is 1. The molecule has 0 radical (unpaired) electrons. The molecule has 1 aromatic rings. The molecule has 0 aromatic heterocycles. The number of fused-ring (bicyclic) bond motifs is 3. The smallest absolute Gasteiger partial charge is 0.315 e. The first-order valence-electron chi connectivity index (χ1n) is 10.8. The average molecular weight is 387 g/mol. The van der Waals surface area contributed by atoms with Crippen molar-refractivity contribution in [2.75, 3.05) is 20.3 Å². The van der Waals surface area contributed by atoms with Crippen LogP contribution in [0.2, 0.25) is 0 Å². The maximum Gasteiger partial charge on any atom is 0.315 e. The first kappa shape index (κ1) is 18.4. The molecule has 0 unspecified atom stereocenters. The Balaban J connectivity index is 1.27. The van der Waals surface area contributed by atoms with E-state index < -0.39 is 0 Å². The monoisotopic (exact) mass is 386 g/mol. The second-order valence-corrected chi connectivity index (χ2v) is 9.64. The van der Waals surface area contributed by atoms with Crippen LogP contribution in [-0.4, -0.2) is 37.9 Å². The van der Waals surface area contributed by atoms with Crippen LogP contribution in [0.5, 0.6) is 5.75 Å². The lowest BCUT2D eigenvalue weighted by atomic mass is 9.53. The van der Waals surface area contributed by atoms with Crippen LogP contribution in [0.1, 0.15) is 44.6 Å². The van der Waals surface area contributed by atoms with Crippen LogP contribution in [0, 0.1) is 23.2 Å². The van der Waals surface area contributed by atoms with Gasteiger partial charge in [0.2, 0.25) is 0 Å². The summed E-state index contributed by atoms with van der Waals surface area (Å²) in [6, 6.07) is 8.10. The van der Waals surface area contributed by atoms with Gasteiger partial charge in [0, 0.05) is 11.5 Å². The van der Waals surface area contributed by atoms with Crippen molar-refractivity contribution in [2.45, 2.75) is 57.3 Å². The second kappa shape index (κ2) is 6.74. The molecule has 5 heteroatoms. The van der Waals surface area contributed by atoms with E-state index >= 15 is 0 Å². The van der Waals surface area contributed by atoms with Crippen molar-refractivity contribution in [3.8, 4) is 5.75 Å².